The molecule has 12 heavy (non-hydrogen) atoms. The zero-order valence-corrected chi connectivity index (χ0v) is 9.09. The van der Waals surface area contributed by atoms with Crippen LogP contribution >= 0.6 is 0 Å². The van der Waals surface area contributed by atoms with E-state index in [2.05, 4.69) is 10.5 Å². The Bertz CT molecular complexity index is 134. The standard InChI is InChI=1S/C3H2F5O.C2H4.Zn/c4-2(5,1-9)3(6,7)8;1-2;/h1H2;1-2H2;/q-1;;+1. The van der Waals surface area contributed by atoms with Crippen LogP contribution < -0.4 is 0 Å². The van der Waals surface area contributed by atoms with E-state index in [9.17, 15) is 22.0 Å². The molecular weight excluding hydrogens is 236 g/mol. The number of rotatable bonds is 4. The van der Waals surface area contributed by atoms with Crippen LogP contribution in [0.4, 0.5) is 22.0 Å². The molecule has 0 aromatic heterocycles. The minimum atomic E-state index is -5.50. The summed E-state index contributed by atoms with van der Waals surface area (Å²) >= 11 is -1.69. The van der Waals surface area contributed by atoms with E-state index in [-0.39, 0.29) is 0 Å². The Hall–Kier alpha value is 0.233. The molecule has 0 saturated carbocycles. The summed E-state index contributed by atoms with van der Waals surface area (Å²) < 4.78 is 62.6. The summed E-state index contributed by atoms with van der Waals surface area (Å²) in [5.74, 6) is -4.71. The van der Waals surface area contributed by atoms with Crippen LogP contribution in [0.5, 0.6) is 0 Å². The van der Waals surface area contributed by atoms with Gasteiger partial charge in [-0.25, -0.2) is 0 Å². The van der Waals surface area contributed by atoms with E-state index in [0.717, 1.165) is 0 Å². The molecule has 0 unspecified atom stereocenters. The summed E-state index contributed by atoms with van der Waals surface area (Å²) in [6, 6.07) is 0. The first kappa shape index (κ1) is 12.2. The monoisotopic (exact) mass is 241 g/mol. The molecule has 1 nitrogen and oxygen atoms in total. The molecule has 0 heterocycles. The van der Waals surface area contributed by atoms with Crippen molar-refractivity contribution >= 4 is 0 Å². The van der Waals surface area contributed by atoms with Gasteiger partial charge in [0.2, 0.25) is 0 Å². The van der Waals surface area contributed by atoms with Crippen molar-refractivity contribution in [1.29, 1.82) is 0 Å². The molecule has 0 aliphatic rings. The SMILES string of the molecule is [CH2][CH2][Zn][O]CC(F)(F)C(F)(F)F. The Balaban J connectivity index is 3.88. The Morgan fingerprint density at radius 1 is 1.17 bits per heavy atom. The fourth-order valence-corrected chi connectivity index (χ4v) is 1.65. The van der Waals surface area contributed by atoms with Crippen molar-refractivity contribution in [3.05, 3.63) is 6.92 Å². The van der Waals surface area contributed by atoms with Crippen molar-refractivity contribution in [2.45, 2.75) is 17.1 Å². The van der Waals surface area contributed by atoms with Gasteiger partial charge in [0.15, 0.2) is 0 Å². The van der Waals surface area contributed by atoms with Crippen molar-refractivity contribution in [3.8, 4) is 0 Å². The fourth-order valence-electron chi connectivity index (χ4n) is 0.384. The third-order valence-corrected chi connectivity index (χ3v) is 2.63. The van der Waals surface area contributed by atoms with Crippen LogP contribution in [0, 0.1) is 6.92 Å². The zero-order valence-electron chi connectivity index (χ0n) is 6.13. The second-order valence-electron chi connectivity index (χ2n) is 2.11. The van der Waals surface area contributed by atoms with Gasteiger partial charge in [-0.2, -0.15) is 0 Å². The molecule has 0 atom stereocenters. The topological polar surface area (TPSA) is 9.23 Å². The van der Waals surface area contributed by atoms with Gasteiger partial charge in [-0.1, -0.05) is 0 Å². The van der Waals surface area contributed by atoms with Gasteiger partial charge in [-0.15, -0.1) is 0 Å². The van der Waals surface area contributed by atoms with E-state index in [1.54, 1.807) is 0 Å². The van der Waals surface area contributed by atoms with Crippen LogP contribution in [-0.4, -0.2) is 18.7 Å². The van der Waals surface area contributed by atoms with Gasteiger partial charge in [0.05, 0.1) is 0 Å². The second-order valence-corrected chi connectivity index (χ2v) is 5.30. The first-order valence-corrected chi connectivity index (χ1v) is 6.44. The molecule has 7 heteroatoms. The van der Waals surface area contributed by atoms with Crippen molar-refractivity contribution in [1.82, 2.24) is 0 Å². The Morgan fingerprint density at radius 3 is 2.00 bits per heavy atom. The average molecular weight is 242 g/mol. The van der Waals surface area contributed by atoms with Gasteiger partial charge in [-0.3, -0.25) is 0 Å². The summed E-state index contributed by atoms with van der Waals surface area (Å²) in [5, 5.41) is 0.348. The second kappa shape index (κ2) is 4.46. The Morgan fingerprint density at radius 2 is 1.67 bits per heavy atom. The van der Waals surface area contributed by atoms with E-state index < -0.39 is 36.2 Å². The van der Waals surface area contributed by atoms with E-state index in [4.69, 9.17) is 0 Å². The first-order valence-electron chi connectivity index (χ1n) is 3.13. The normalized spacial score (nSPS) is 12.8. The molecule has 0 rings (SSSR count). The van der Waals surface area contributed by atoms with Crippen molar-refractivity contribution in [2.75, 3.05) is 6.61 Å². The van der Waals surface area contributed by atoms with E-state index in [1.807, 2.05) is 0 Å². The fraction of sp³-hybridized carbons (Fsp3) is 0.800. The van der Waals surface area contributed by atoms with Crippen LogP contribution in [0.3, 0.4) is 0 Å². The molecule has 69 valence electrons. The van der Waals surface area contributed by atoms with Gasteiger partial charge in [-0.05, 0) is 0 Å². The van der Waals surface area contributed by atoms with Gasteiger partial charge >= 0.3 is 73.6 Å². The number of hydrogen-bond donors (Lipinski definition) is 0. The molecule has 0 saturated heterocycles. The molecule has 0 fully saturated rings. The number of halogens is 5. The van der Waals surface area contributed by atoms with Gasteiger partial charge in [0.25, 0.3) is 0 Å². The van der Waals surface area contributed by atoms with E-state index >= 15 is 0 Å². The molecule has 0 aromatic rings. The van der Waals surface area contributed by atoms with Crippen molar-refractivity contribution in [2.24, 2.45) is 0 Å². The van der Waals surface area contributed by atoms with Crippen LogP contribution in [0.1, 0.15) is 0 Å². The third kappa shape index (κ3) is 3.76. The first-order chi connectivity index (χ1) is 5.31. The third-order valence-electron chi connectivity index (χ3n) is 0.987. The number of hydrogen-bond acceptors (Lipinski definition) is 1. The molecule has 0 aromatic carbocycles. The van der Waals surface area contributed by atoms with Crippen LogP contribution in [0.2, 0.25) is 5.02 Å². The Labute approximate surface area is 74.3 Å². The summed E-state index contributed by atoms with van der Waals surface area (Å²) in [6.45, 7) is 1.75. The quantitative estimate of drug-likeness (QED) is 0.418. The molecule has 0 aliphatic carbocycles. The summed E-state index contributed by atoms with van der Waals surface area (Å²) in [4.78, 5) is 0. The minimum absolute atomic E-state index is 0.348. The van der Waals surface area contributed by atoms with Gasteiger partial charge < -0.3 is 0 Å². The summed E-state index contributed by atoms with van der Waals surface area (Å²) in [7, 11) is 0. The Kier molecular flexibility index (Phi) is 4.55. The summed E-state index contributed by atoms with van der Waals surface area (Å²) in [5.41, 5.74) is 0. The molecule has 1 radical (unpaired) electrons. The van der Waals surface area contributed by atoms with Crippen molar-refractivity contribution < 1.29 is 43.0 Å². The molecular formula is C5H6F5OZn. The van der Waals surface area contributed by atoms with Crippen LogP contribution in [-0.2, 0) is 21.1 Å². The predicted octanol–water partition coefficient (Wildman–Crippen LogP) is 2.45. The van der Waals surface area contributed by atoms with Gasteiger partial charge in [0.1, 0.15) is 0 Å². The van der Waals surface area contributed by atoms with Crippen LogP contribution in [0.15, 0.2) is 0 Å². The molecule has 0 amide bonds. The van der Waals surface area contributed by atoms with Crippen molar-refractivity contribution in [3.63, 3.8) is 0 Å². The van der Waals surface area contributed by atoms with Gasteiger partial charge in [0, 0.05) is 0 Å². The molecule has 0 spiro atoms. The summed E-state index contributed by atoms with van der Waals surface area (Å²) in [6.07, 6.45) is -5.50. The van der Waals surface area contributed by atoms with E-state index in [0.29, 0.717) is 5.02 Å². The predicted molar refractivity (Wildman–Crippen MR) is 27.1 cm³/mol. The maximum absolute atomic E-state index is 12.0. The van der Waals surface area contributed by atoms with Crippen LogP contribution in [0.25, 0.3) is 0 Å². The molecule has 0 aliphatic heterocycles. The molecule has 0 N–H and O–H groups in total. The number of alkyl halides is 5. The molecule has 0 bridgehead atoms. The van der Waals surface area contributed by atoms with E-state index in [1.165, 1.54) is 0 Å². The maximum atomic E-state index is 12.0. The zero-order chi connectivity index (χ0) is 9.83. The average Bonchev–Trinajstić information content (AvgIpc) is 1.85.